The summed E-state index contributed by atoms with van der Waals surface area (Å²) in [5.74, 6) is -1.17. The number of nitriles is 1. The summed E-state index contributed by atoms with van der Waals surface area (Å²) in [6.45, 7) is 3.62. The highest BCUT2D eigenvalue weighted by Gasteiger charge is 2.35. The molecule has 7 heteroatoms. The Balaban J connectivity index is 2.58. The number of rotatable bonds is 3. The first kappa shape index (κ1) is 16.5. The Bertz CT molecular complexity index is 750. The molecular formula is C15H18N2O4S. The molecule has 2 rings (SSSR count). The SMILES string of the molecule is Cc1cc(C(=O)O)cc(S(=O)(=O)N2CCCCC2C#N)c1C. The second-order valence-corrected chi connectivity index (χ2v) is 7.34. The number of nitrogens with zero attached hydrogens (tertiary/aromatic N) is 2. The van der Waals surface area contributed by atoms with Crippen molar-refractivity contribution in [1.29, 1.82) is 5.26 Å². The van der Waals surface area contributed by atoms with Crippen LogP contribution in [0.3, 0.4) is 0 Å². The van der Waals surface area contributed by atoms with Crippen molar-refractivity contribution >= 4 is 16.0 Å². The monoisotopic (exact) mass is 322 g/mol. The van der Waals surface area contributed by atoms with Crippen LogP contribution >= 0.6 is 0 Å². The molecule has 1 aliphatic rings. The molecule has 0 spiro atoms. The minimum atomic E-state index is -3.88. The summed E-state index contributed by atoms with van der Waals surface area (Å²) in [5, 5.41) is 18.3. The van der Waals surface area contributed by atoms with E-state index >= 15 is 0 Å². The van der Waals surface area contributed by atoms with E-state index in [2.05, 4.69) is 0 Å². The molecule has 1 unspecified atom stereocenters. The normalized spacial score (nSPS) is 19.6. The minimum absolute atomic E-state index is 0.0213. The third-order valence-corrected chi connectivity index (χ3v) is 6.09. The Morgan fingerprint density at radius 1 is 1.36 bits per heavy atom. The average molecular weight is 322 g/mol. The Hall–Kier alpha value is -1.91. The largest absolute Gasteiger partial charge is 0.478 e. The van der Waals surface area contributed by atoms with E-state index in [4.69, 9.17) is 5.11 Å². The fourth-order valence-electron chi connectivity index (χ4n) is 2.67. The van der Waals surface area contributed by atoms with Gasteiger partial charge < -0.3 is 5.11 Å². The Labute approximate surface area is 130 Å². The number of hydrogen-bond donors (Lipinski definition) is 1. The van der Waals surface area contributed by atoms with Crippen molar-refractivity contribution in [2.45, 2.75) is 44.0 Å². The van der Waals surface area contributed by atoms with Gasteiger partial charge in [-0.1, -0.05) is 0 Å². The standard InChI is InChI=1S/C15H18N2O4S/c1-10-7-12(15(18)19)8-14(11(10)2)22(20,21)17-6-4-3-5-13(17)9-16/h7-8,13H,3-6H2,1-2H3,(H,18,19). The van der Waals surface area contributed by atoms with Crippen LogP contribution in [0.2, 0.25) is 0 Å². The van der Waals surface area contributed by atoms with Crippen molar-refractivity contribution in [2.75, 3.05) is 6.54 Å². The van der Waals surface area contributed by atoms with Gasteiger partial charge in [0.25, 0.3) is 0 Å². The van der Waals surface area contributed by atoms with Crippen LogP contribution in [0.15, 0.2) is 17.0 Å². The van der Waals surface area contributed by atoms with Crippen molar-refractivity contribution in [3.8, 4) is 6.07 Å². The summed E-state index contributed by atoms with van der Waals surface area (Å²) in [6.07, 6.45) is 2.03. The molecule has 1 heterocycles. The van der Waals surface area contributed by atoms with Gasteiger partial charge in [0.2, 0.25) is 10.0 Å². The Morgan fingerprint density at radius 3 is 2.64 bits per heavy atom. The topological polar surface area (TPSA) is 98.5 Å². The van der Waals surface area contributed by atoms with E-state index in [1.165, 1.54) is 16.4 Å². The number of carbonyl (C=O) groups is 1. The maximum atomic E-state index is 12.9. The van der Waals surface area contributed by atoms with Gasteiger partial charge in [-0.2, -0.15) is 9.57 Å². The van der Waals surface area contributed by atoms with Crippen molar-refractivity contribution in [2.24, 2.45) is 0 Å². The first-order valence-corrected chi connectivity index (χ1v) is 8.49. The van der Waals surface area contributed by atoms with Gasteiger partial charge in [0.05, 0.1) is 16.5 Å². The molecule has 1 saturated heterocycles. The van der Waals surface area contributed by atoms with E-state index in [0.717, 1.165) is 6.42 Å². The van der Waals surface area contributed by atoms with Crippen molar-refractivity contribution < 1.29 is 18.3 Å². The van der Waals surface area contributed by atoms with Crippen LogP contribution in [-0.4, -0.2) is 36.4 Å². The first-order valence-electron chi connectivity index (χ1n) is 7.05. The van der Waals surface area contributed by atoms with E-state index in [0.29, 0.717) is 24.0 Å². The van der Waals surface area contributed by atoms with Crippen LogP contribution in [0.25, 0.3) is 0 Å². The molecule has 6 nitrogen and oxygen atoms in total. The van der Waals surface area contributed by atoms with Gasteiger partial charge in [-0.3, -0.25) is 0 Å². The quantitative estimate of drug-likeness (QED) is 0.918. The summed E-state index contributed by atoms with van der Waals surface area (Å²) in [7, 11) is -3.88. The molecule has 0 aromatic heterocycles. The Kier molecular flexibility index (Phi) is 4.54. The third-order valence-electron chi connectivity index (χ3n) is 4.06. The zero-order valence-electron chi connectivity index (χ0n) is 12.5. The molecule has 118 valence electrons. The van der Waals surface area contributed by atoms with Crippen LogP contribution in [0.5, 0.6) is 0 Å². The molecule has 1 aliphatic heterocycles. The zero-order valence-corrected chi connectivity index (χ0v) is 13.4. The molecule has 1 aromatic rings. The van der Waals surface area contributed by atoms with Gasteiger partial charge >= 0.3 is 5.97 Å². The van der Waals surface area contributed by atoms with Gasteiger partial charge in [-0.15, -0.1) is 0 Å². The molecule has 0 aliphatic carbocycles. The molecule has 0 amide bonds. The van der Waals surface area contributed by atoms with E-state index in [9.17, 15) is 18.5 Å². The minimum Gasteiger partial charge on any atom is -0.478 e. The van der Waals surface area contributed by atoms with Gasteiger partial charge in [-0.25, -0.2) is 13.2 Å². The molecular weight excluding hydrogens is 304 g/mol. The highest BCUT2D eigenvalue weighted by atomic mass is 32.2. The molecule has 0 saturated carbocycles. The number of carboxylic acid groups (broad SMARTS) is 1. The number of benzene rings is 1. The van der Waals surface area contributed by atoms with Crippen LogP contribution in [0.1, 0.15) is 40.7 Å². The lowest BCUT2D eigenvalue weighted by Crippen LogP contribution is -2.43. The lowest BCUT2D eigenvalue weighted by atomic mass is 10.1. The van der Waals surface area contributed by atoms with E-state index in [-0.39, 0.29) is 17.0 Å². The van der Waals surface area contributed by atoms with Gasteiger partial charge in [0.15, 0.2) is 0 Å². The molecule has 22 heavy (non-hydrogen) atoms. The van der Waals surface area contributed by atoms with Gasteiger partial charge in [0.1, 0.15) is 6.04 Å². The van der Waals surface area contributed by atoms with E-state index in [1.54, 1.807) is 13.8 Å². The number of aromatic carboxylic acids is 1. The van der Waals surface area contributed by atoms with Crippen molar-refractivity contribution in [3.63, 3.8) is 0 Å². The van der Waals surface area contributed by atoms with Crippen molar-refractivity contribution in [1.82, 2.24) is 4.31 Å². The van der Waals surface area contributed by atoms with Crippen LogP contribution in [0.4, 0.5) is 0 Å². The van der Waals surface area contributed by atoms with Crippen LogP contribution in [0, 0.1) is 25.2 Å². The first-order chi connectivity index (χ1) is 10.3. The summed E-state index contributed by atoms with van der Waals surface area (Å²) in [6, 6.07) is 3.98. The van der Waals surface area contributed by atoms with Gasteiger partial charge in [-0.05, 0) is 56.4 Å². The smallest absolute Gasteiger partial charge is 0.335 e. The van der Waals surface area contributed by atoms with E-state index in [1.807, 2.05) is 6.07 Å². The maximum absolute atomic E-state index is 12.9. The second kappa shape index (κ2) is 6.07. The van der Waals surface area contributed by atoms with Gasteiger partial charge in [0, 0.05) is 6.54 Å². The lowest BCUT2D eigenvalue weighted by Gasteiger charge is -2.31. The fraction of sp³-hybridized carbons (Fsp3) is 0.467. The predicted molar refractivity (Wildman–Crippen MR) is 80.0 cm³/mol. The number of piperidine rings is 1. The zero-order chi connectivity index (χ0) is 16.5. The highest BCUT2D eigenvalue weighted by molar-refractivity contribution is 7.89. The number of aryl methyl sites for hydroxylation is 1. The average Bonchev–Trinajstić information content (AvgIpc) is 2.49. The highest BCUT2D eigenvalue weighted by Crippen LogP contribution is 2.29. The second-order valence-electron chi connectivity index (χ2n) is 5.48. The molecule has 1 N–H and O–H groups in total. The molecule has 1 atom stereocenters. The van der Waals surface area contributed by atoms with Crippen molar-refractivity contribution in [3.05, 3.63) is 28.8 Å². The molecule has 1 fully saturated rings. The fourth-order valence-corrected chi connectivity index (χ4v) is 4.60. The Morgan fingerprint density at radius 2 is 2.05 bits per heavy atom. The molecule has 1 aromatic carbocycles. The summed E-state index contributed by atoms with van der Waals surface area (Å²) < 4.78 is 27.0. The van der Waals surface area contributed by atoms with Crippen LogP contribution < -0.4 is 0 Å². The predicted octanol–water partition coefficient (Wildman–Crippen LogP) is 2.07. The summed E-state index contributed by atoms with van der Waals surface area (Å²) in [5.41, 5.74) is 1.06. The number of carboxylic acids is 1. The summed E-state index contributed by atoms with van der Waals surface area (Å²) >= 11 is 0. The van der Waals surface area contributed by atoms with Crippen LogP contribution in [-0.2, 0) is 10.0 Å². The summed E-state index contributed by atoms with van der Waals surface area (Å²) in [4.78, 5) is 11.2. The molecule has 0 radical (unpaired) electrons. The van der Waals surface area contributed by atoms with E-state index < -0.39 is 22.0 Å². The number of hydrogen-bond acceptors (Lipinski definition) is 4. The lowest BCUT2D eigenvalue weighted by molar-refractivity contribution is 0.0696. The number of sulfonamides is 1. The maximum Gasteiger partial charge on any atom is 0.335 e. The third kappa shape index (κ3) is 2.85. The molecule has 0 bridgehead atoms.